The number of Topliss-reactive ketones (excluding diaryl/α,β-unsaturated/α-hetero) is 1. The molecule has 3 N–H and O–H groups in total. The van der Waals surface area contributed by atoms with Crippen LogP contribution in [0.3, 0.4) is 0 Å². The van der Waals surface area contributed by atoms with Gasteiger partial charge in [0.25, 0.3) is 0 Å². The maximum atomic E-state index is 12.2. The molecule has 2 heterocycles. The number of sulfone groups is 1. The van der Waals surface area contributed by atoms with Gasteiger partial charge in [-0.05, 0) is 50.1 Å². The number of rotatable bonds is 5. The average Bonchev–Trinajstić information content (AvgIpc) is 3.27. The molecule has 14 heteroatoms. The molecule has 1 aromatic rings. The van der Waals surface area contributed by atoms with Crippen molar-refractivity contribution in [3.8, 4) is 0 Å². The lowest BCUT2D eigenvalue weighted by Crippen LogP contribution is -2.42. The predicted octanol–water partition coefficient (Wildman–Crippen LogP) is 1.54. The summed E-state index contributed by atoms with van der Waals surface area (Å²) < 4.78 is 80.0. The Balaban J connectivity index is 0.000000196. The summed E-state index contributed by atoms with van der Waals surface area (Å²) in [6.45, 7) is 8.07. The monoisotopic (exact) mass is 555 g/mol. The number of nitrogens with one attached hydrogen (secondary N) is 1. The Bertz CT molecular complexity index is 1300. The van der Waals surface area contributed by atoms with Gasteiger partial charge in [0.15, 0.2) is 9.84 Å². The van der Waals surface area contributed by atoms with Gasteiger partial charge >= 0.3 is 0 Å². The van der Waals surface area contributed by atoms with Crippen molar-refractivity contribution in [1.29, 1.82) is 0 Å². The van der Waals surface area contributed by atoms with E-state index in [1.54, 1.807) is 6.92 Å². The van der Waals surface area contributed by atoms with Crippen molar-refractivity contribution < 1.29 is 34.6 Å². The second kappa shape index (κ2) is 8.89. The molecule has 4 atom stereocenters. The van der Waals surface area contributed by atoms with Gasteiger partial charge in [0.2, 0.25) is 10.0 Å². The third-order valence-corrected chi connectivity index (χ3v) is 13.9. The highest BCUT2D eigenvalue weighted by molar-refractivity contribution is 7.95. The number of ketones is 1. The second-order valence-electron chi connectivity index (χ2n) is 9.92. The van der Waals surface area contributed by atoms with Gasteiger partial charge in [-0.15, -0.1) is 11.3 Å². The largest absolute Gasteiger partial charge is 0.748 e. The van der Waals surface area contributed by atoms with E-state index in [1.807, 2.05) is 20.8 Å². The van der Waals surface area contributed by atoms with Crippen molar-refractivity contribution >= 4 is 47.1 Å². The molecule has 194 valence electrons. The van der Waals surface area contributed by atoms with Crippen LogP contribution >= 0.6 is 11.3 Å². The van der Waals surface area contributed by atoms with E-state index in [1.165, 1.54) is 6.07 Å². The van der Waals surface area contributed by atoms with Crippen LogP contribution in [0.1, 0.15) is 65.0 Å². The quantitative estimate of drug-likeness (QED) is 0.509. The summed E-state index contributed by atoms with van der Waals surface area (Å²) >= 11 is 0.742. The van der Waals surface area contributed by atoms with E-state index in [-0.39, 0.29) is 31.6 Å². The summed E-state index contributed by atoms with van der Waals surface area (Å²) in [6.07, 6.45) is 2.31. The lowest BCUT2D eigenvalue weighted by atomic mass is 9.70. The predicted molar refractivity (Wildman–Crippen MR) is 127 cm³/mol. The Morgan fingerprint density at radius 3 is 2.32 bits per heavy atom. The second-order valence-corrected chi connectivity index (χ2v) is 16.7. The lowest BCUT2D eigenvalue weighted by molar-refractivity contribution is -0.128. The van der Waals surface area contributed by atoms with Gasteiger partial charge < -0.3 is 9.87 Å². The maximum absolute atomic E-state index is 12.2. The summed E-state index contributed by atoms with van der Waals surface area (Å²) in [4.78, 5) is 11.8. The number of hydrogen-bond donors (Lipinski definition) is 2. The van der Waals surface area contributed by atoms with Crippen LogP contribution in [0.15, 0.2) is 14.5 Å². The lowest BCUT2D eigenvalue weighted by Gasteiger charge is -2.37. The Morgan fingerprint density at radius 1 is 1.26 bits per heavy atom. The fraction of sp³-hybridized carbons (Fsp3) is 0.750. The first-order chi connectivity index (χ1) is 15.4. The molecule has 2 bridgehead atoms. The molecule has 34 heavy (non-hydrogen) atoms. The summed E-state index contributed by atoms with van der Waals surface area (Å²) in [7, 11) is -11.7. The number of primary sulfonamides is 1. The Labute approximate surface area is 205 Å². The molecule has 0 radical (unpaired) electrons. The van der Waals surface area contributed by atoms with E-state index in [2.05, 4.69) is 5.32 Å². The molecular weight excluding hydrogens is 524 g/mol. The average molecular weight is 556 g/mol. The van der Waals surface area contributed by atoms with Gasteiger partial charge in [0.1, 0.15) is 14.2 Å². The Kier molecular flexibility index (Phi) is 7.24. The van der Waals surface area contributed by atoms with E-state index in [0.29, 0.717) is 31.4 Å². The van der Waals surface area contributed by atoms with Crippen LogP contribution in [0, 0.1) is 16.7 Å². The molecule has 0 amide bonds. The van der Waals surface area contributed by atoms with Crippen molar-refractivity contribution in [2.45, 2.75) is 73.1 Å². The van der Waals surface area contributed by atoms with E-state index < -0.39 is 46.4 Å². The summed E-state index contributed by atoms with van der Waals surface area (Å²) in [5.41, 5.74) is -0.700. The number of hydrogen-bond acceptors (Lipinski definition) is 10. The van der Waals surface area contributed by atoms with Gasteiger partial charge in [-0.2, -0.15) is 0 Å². The molecule has 0 aromatic carbocycles. The molecule has 2 aliphatic carbocycles. The normalized spacial score (nSPS) is 31.6. The molecule has 2 saturated carbocycles. The maximum Gasteiger partial charge on any atom is 0.247 e. The van der Waals surface area contributed by atoms with Crippen LogP contribution < -0.4 is 10.5 Å². The van der Waals surface area contributed by atoms with Gasteiger partial charge in [-0.3, -0.25) is 4.79 Å². The van der Waals surface area contributed by atoms with Gasteiger partial charge in [0, 0.05) is 23.4 Å². The first-order valence-corrected chi connectivity index (χ1v) is 16.5. The highest BCUT2D eigenvalue weighted by Crippen LogP contribution is 2.64. The summed E-state index contributed by atoms with van der Waals surface area (Å²) in [5, 5.41) is 7.73. The van der Waals surface area contributed by atoms with E-state index in [0.717, 1.165) is 17.8 Å². The molecule has 2 unspecified atom stereocenters. The minimum Gasteiger partial charge on any atom is -0.748 e. The smallest absolute Gasteiger partial charge is 0.247 e. The Hall–Kier alpha value is -0.900. The van der Waals surface area contributed by atoms with Crippen LogP contribution in [0.4, 0.5) is 0 Å². The number of sulfonamides is 1. The molecule has 4 rings (SSSR count). The van der Waals surface area contributed by atoms with Crippen molar-refractivity contribution in [3.63, 3.8) is 0 Å². The van der Waals surface area contributed by atoms with Crippen molar-refractivity contribution in [3.05, 3.63) is 11.6 Å². The molecular formula is C20H31N2O8S4-. The third kappa shape index (κ3) is 4.74. The molecule has 2 fully saturated rings. The molecule has 1 aliphatic heterocycles. The first-order valence-electron chi connectivity index (χ1n) is 11.0. The van der Waals surface area contributed by atoms with Gasteiger partial charge in [-0.1, -0.05) is 20.8 Å². The number of carbonyl (C=O) groups is 1. The highest BCUT2D eigenvalue weighted by Gasteiger charge is 2.64. The molecule has 0 saturated heterocycles. The minimum absolute atomic E-state index is 0.0248. The number of nitrogens with two attached hydrogens (primary N) is 1. The zero-order chi connectivity index (χ0) is 25.9. The first kappa shape index (κ1) is 27.7. The highest BCUT2D eigenvalue weighted by atomic mass is 32.3. The van der Waals surface area contributed by atoms with Crippen molar-refractivity contribution in [1.82, 2.24) is 5.32 Å². The van der Waals surface area contributed by atoms with Crippen LogP contribution in [-0.4, -0.2) is 53.1 Å². The summed E-state index contributed by atoms with van der Waals surface area (Å²) in [5.74, 6) is -0.280. The fourth-order valence-corrected chi connectivity index (χ4v) is 11.3. The van der Waals surface area contributed by atoms with Crippen LogP contribution in [-0.2, 0) is 34.8 Å². The standard InChI is InChI=1S/C10H16N2O4S3.C10H16O4S/c1-3-12-8-4-6(2)18(13,14)10-7(8)5-9(17-10)19(11,15)16;1-9(2)7-3-4-10(9,8(11)5-7)6-15(12,13)14/h5-6,8,12H,3-4H2,1-2H3,(H2,11,15,16);7H,3-6H2,1-2H3,(H,12,13,14)/p-1/t6-,8-;/m0./s1. The third-order valence-electron chi connectivity index (χ3n) is 7.73. The number of thiophene rings is 1. The van der Waals surface area contributed by atoms with Crippen LogP contribution in [0.5, 0.6) is 0 Å². The topological polar surface area (TPSA) is 181 Å². The molecule has 10 nitrogen and oxygen atoms in total. The summed E-state index contributed by atoms with van der Waals surface area (Å²) in [6, 6.07) is 1.23. The minimum atomic E-state index is -4.33. The molecule has 0 spiro atoms. The van der Waals surface area contributed by atoms with Gasteiger partial charge in [0.05, 0.1) is 21.1 Å². The van der Waals surface area contributed by atoms with Crippen LogP contribution in [0.2, 0.25) is 0 Å². The van der Waals surface area contributed by atoms with Crippen molar-refractivity contribution in [2.24, 2.45) is 21.9 Å². The number of carbonyl (C=O) groups excluding carboxylic acids is 1. The SMILES string of the molecule is CC1(C)C2CCC1(CS(=O)(=O)[O-])C(=O)C2.CCN[C@H]1C[C@H](C)S(=O)(=O)c2sc(S(N)(=O)=O)cc21. The van der Waals surface area contributed by atoms with E-state index in [9.17, 15) is 34.6 Å². The molecule has 3 aliphatic rings. The Morgan fingerprint density at radius 2 is 1.88 bits per heavy atom. The zero-order valence-electron chi connectivity index (χ0n) is 19.5. The molecule has 1 aromatic heterocycles. The zero-order valence-corrected chi connectivity index (χ0v) is 22.8. The van der Waals surface area contributed by atoms with Crippen molar-refractivity contribution in [2.75, 3.05) is 12.3 Å². The van der Waals surface area contributed by atoms with Crippen LogP contribution in [0.25, 0.3) is 0 Å². The van der Waals surface area contributed by atoms with Gasteiger partial charge in [-0.25, -0.2) is 30.4 Å². The fourth-order valence-electron chi connectivity index (χ4n) is 5.59. The number of fused-ring (bicyclic) bond motifs is 3. The van der Waals surface area contributed by atoms with E-state index >= 15 is 0 Å². The van der Waals surface area contributed by atoms with E-state index in [4.69, 9.17) is 5.14 Å².